The predicted molar refractivity (Wildman–Crippen MR) is 64.6 cm³/mol. The largest absolute Gasteiger partial charge is 0.438 e. The van der Waals surface area contributed by atoms with Gasteiger partial charge in [-0.25, -0.2) is 0 Å². The molecule has 0 saturated heterocycles. The van der Waals surface area contributed by atoms with Gasteiger partial charge in [0.2, 0.25) is 5.55 Å². The van der Waals surface area contributed by atoms with Gasteiger partial charge in [0.25, 0.3) is 5.69 Å². The third-order valence-corrected chi connectivity index (χ3v) is 2.45. The van der Waals surface area contributed by atoms with E-state index in [1.165, 1.54) is 18.2 Å². The van der Waals surface area contributed by atoms with Crippen molar-refractivity contribution in [3.8, 4) is 0 Å². The molecule has 0 bridgehead atoms. The van der Waals surface area contributed by atoms with Crippen LogP contribution in [0.5, 0.6) is 0 Å². The molecule has 0 spiro atoms. The fraction of sp³-hybridized carbons (Fsp3) is 0. The van der Waals surface area contributed by atoms with E-state index in [1.807, 2.05) is 0 Å². The molecule has 0 radical (unpaired) electrons. The number of hydrogen-bond donors (Lipinski definition) is 2. The third kappa shape index (κ3) is 2.00. The van der Waals surface area contributed by atoms with Crippen LogP contribution in [0.15, 0.2) is 28.7 Å². The smallest absolute Gasteiger partial charge is 0.273 e. The Balaban J connectivity index is 2.75. The number of benzene rings is 1. The molecule has 1 aromatic heterocycles. The highest BCUT2D eigenvalue weighted by Crippen LogP contribution is 2.20. The lowest BCUT2D eigenvalue weighted by molar-refractivity contribution is -0.384. The number of nitrogens with one attached hydrogen (secondary N) is 1. The minimum Gasteiger partial charge on any atom is -0.438 e. The minimum absolute atomic E-state index is 0.0546. The van der Waals surface area contributed by atoms with E-state index in [9.17, 15) is 10.1 Å². The number of nitrogens with zero attached hydrogens (tertiary/aromatic N) is 1. The molecule has 0 atom stereocenters. The van der Waals surface area contributed by atoms with Crippen molar-refractivity contribution in [3.63, 3.8) is 0 Å². The van der Waals surface area contributed by atoms with Crippen molar-refractivity contribution in [1.82, 2.24) is 0 Å². The van der Waals surface area contributed by atoms with Crippen LogP contribution < -0.4 is 11.3 Å². The Hall–Kier alpha value is -2.28. The lowest BCUT2D eigenvalue weighted by Gasteiger charge is -2.01. The molecule has 6 nitrogen and oxygen atoms in total. The Morgan fingerprint density at radius 3 is 2.76 bits per heavy atom. The zero-order valence-electron chi connectivity index (χ0n) is 8.47. The summed E-state index contributed by atoms with van der Waals surface area (Å²) in [4.78, 5) is 10.1. The first-order chi connectivity index (χ1) is 7.99. The van der Waals surface area contributed by atoms with E-state index < -0.39 is 4.92 Å². The maximum absolute atomic E-state index is 10.6. The Kier molecular flexibility index (Phi) is 2.60. The van der Waals surface area contributed by atoms with Crippen LogP contribution in [0.25, 0.3) is 11.0 Å². The lowest BCUT2D eigenvalue weighted by Crippen LogP contribution is -2.19. The van der Waals surface area contributed by atoms with Crippen LogP contribution in [0.1, 0.15) is 5.56 Å². The van der Waals surface area contributed by atoms with Gasteiger partial charge in [0, 0.05) is 11.5 Å². The fourth-order valence-corrected chi connectivity index (χ4v) is 1.56. The number of nitro groups is 1. The average Bonchev–Trinajstić information content (AvgIpc) is 2.26. The maximum Gasteiger partial charge on any atom is 0.273 e. The van der Waals surface area contributed by atoms with E-state index in [2.05, 4.69) is 0 Å². The molecule has 0 aliphatic heterocycles. The normalized spacial score (nSPS) is 10.4. The summed E-state index contributed by atoms with van der Waals surface area (Å²) in [5.74, 6) is 0. The number of non-ortho nitro benzene ring substituents is 1. The van der Waals surface area contributed by atoms with Crippen molar-refractivity contribution in [2.75, 3.05) is 0 Å². The molecule has 17 heavy (non-hydrogen) atoms. The third-order valence-electron chi connectivity index (χ3n) is 2.23. The molecule has 86 valence electrons. The molecule has 1 aromatic carbocycles. The Bertz CT molecular complexity index is 693. The zero-order valence-corrected chi connectivity index (χ0v) is 9.28. The lowest BCUT2D eigenvalue weighted by atomic mass is 10.1. The van der Waals surface area contributed by atoms with E-state index in [0.29, 0.717) is 10.9 Å². The summed E-state index contributed by atoms with van der Waals surface area (Å²) in [5, 5.41) is 18.7. The van der Waals surface area contributed by atoms with Gasteiger partial charge in [0.15, 0.2) is 0 Å². The number of rotatable bonds is 2. The average molecular weight is 249 g/mol. The van der Waals surface area contributed by atoms with E-state index in [-0.39, 0.29) is 21.8 Å². The topological polar surface area (TPSA) is 106 Å². The van der Waals surface area contributed by atoms with Gasteiger partial charge >= 0.3 is 0 Å². The van der Waals surface area contributed by atoms with E-state index in [0.717, 1.165) is 0 Å². The first-order valence-electron chi connectivity index (χ1n) is 4.56. The van der Waals surface area contributed by atoms with Crippen molar-refractivity contribution in [1.29, 1.82) is 5.41 Å². The molecule has 3 N–H and O–H groups in total. The summed E-state index contributed by atoms with van der Waals surface area (Å²) in [6.07, 6.45) is 0. The van der Waals surface area contributed by atoms with Gasteiger partial charge in [-0.05, 0) is 12.1 Å². The molecule has 0 saturated carbocycles. The molecular weight excluding hydrogens is 242 g/mol. The first kappa shape index (κ1) is 11.2. The molecule has 0 aliphatic rings. The van der Waals surface area contributed by atoms with Crippen molar-refractivity contribution >= 4 is 33.9 Å². The number of nitrogens with two attached hydrogens (primary N) is 1. The molecule has 7 heteroatoms. The van der Waals surface area contributed by atoms with E-state index >= 15 is 0 Å². The van der Waals surface area contributed by atoms with Gasteiger partial charge in [0.1, 0.15) is 10.6 Å². The molecule has 0 aliphatic carbocycles. The number of nitro benzene ring substituents is 1. The zero-order chi connectivity index (χ0) is 12.6. The van der Waals surface area contributed by atoms with Crippen molar-refractivity contribution in [2.24, 2.45) is 5.73 Å². The first-order valence-corrected chi connectivity index (χ1v) is 4.96. The van der Waals surface area contributed by atoms with Gasteiger partial charge in [-0.1, -0.05) is 12.2 Å². The van der Waals surface area contributed by atoms with Crippen LogP contribution in [0, 0.1) is 15.5 Å². The highest BCUT2D eigenvalue weighted by Gasteiger charge is 2.10. The quantitative estimate of drug-likeness (QED) is 0.476. The van der Waals surface area contributed by atoms with Crippen LogP contribution in [0.3, 0.4) is 0 Å². The maximum atomic E-state index is 10.6. The standard InChI is InChI=1S/C10H7N3O3S/c11-9-7(10(12)17)3-5-1-2-6(13(14)15)4-8(5)16-9/h1-4,11H,(H2,12,17). The van der Waals surface area contributed by atoms with Crippen LogP contribution in [0.4, 0.5) is 5.69 Å². The molecule has 2 rings (SSSR count). The van der Waals surface area contributed by atoms with Gasteiger partial charge in [-0.15, -0.1) is 0 Å². The summed E-state index contributed by atoms with van der Waals surface area (Å²) in [6, 6.07) is 5.72. The van der Waals surface area contributed by atoms with Gasteiger partial charge in [-0.3, -0.25) is 15.5 Å². The second-order valence-corrected chi connectivity index (χ2v) is 3.77. The van der Waals surface area contributed by atoms with Gasteiger partial charge < -0.3 is 10.2 Å². The minimum atomic E-state index is -0.528. The van der Waals surface area contributed by atoms with Crippen molar-refractivity contribution < 1.29 is 9.34 Å². The molecule has 2 aromatic rings. The Morgan fingerprint density at radius 1 is 1.47 bits per heavy atom. The second-order valence-electron chi connectivity index (χ2n) is 3.33. The summed E-state index contributed by atoms with van der Waals surface area (Å²) in [7, 11) is 0. The molecule has 0 unspecified atom stereocenters. The molecule has 1 heterocycles. The number of fused-ring (bicyclic) bond motifs is 1. The van der Waals surface area contributed by atoms with E-state index in [1.54, 1.807) is 6.07 Å². The Labute approximate surface area is 100 Å². The molecule has 0 amide bonds. The highest BCUT2D eigenvalue weighted by molar-refractivity contribution is 7.80. The number of hydrogen-bond acceptors (Lipinski definition) is 5. The van der Waals surface area contributed by atoms with Gasteiger partial charge in [-0.2, -0.15) is 0 Å². The highest BCUT2D eigenvalue weighted by atomic mass is 32.1. The Morgan fingerprint density at radius 2 is 2.18 bits per heavy atom. The summed E-state index contributed by atoms with van der Waals surface area (Å²) in [5.41, 5.74) is 5.69. The second kappa shape index (κ2) is 3.95. The van der Waals surface area contributed by atoms with E-state index in [4.69, 9.17) is 27.8 Å². The molecule has 0 fully saturated rings. The van der Waals surface area contributed by atoms with Crippen LogP contribution in [0.2, 0.25) is 0 Å². The summed E-state index contributed by atoms with van der Waals surface area (Å²) >= 11 is 4.77. The fourth-order valence-electron chi connectivity index (χ4n) is 1.41. The summed E-state index contributed by atoms with van der Waals surface area (Å²) in [6.45, 7) is 0. The van der Waals surface area contributed by atoms with Crippen molar-refractivity contribution in [2.45, 2.75) is 0 Å². The summed E-state index contributed by atoms with van der Waals surface area (Å²) < 4.78 is 5.14. The van der Waals surface area contributed by atoms with Crippen molar-refractivity contribution in [3.05, 3.63) is 45.5 Å². The molecular formula is C10H7N3O3S. The monoisotopic (exact) mass is 249 g/mol. The number of thiocarbonyl (C=S) groups is 1. The SMILES string of the molecule is N=c1oc2cc([N+](=O)[O-])ccc2cc1C(N)=S. The predicted octanol–water partition coefficient (Wildman–Crippen LogP) is 1.45. The van der Waals surface area contributed by atoms with Gasteiger partial charge in [0.05, 0.1) is 16.6 Å². The van der Waals surface area contributed by atoms with Crippen LogP contribution in [-0.4, -0.2) is 9.91 Å². The van der Waals surface area contributed by atoms with Crippen LogP contribution >= 0.6 is 12.2 Å². The van der Waals surface area contributed by atoms with Crippen LogP contribution in [-0.2, 0) is 0 Å².